The summed E-state index contributed by atoms with van der Waals surface area (Å²) in [5.74, 6) is 0. The molecule has 0 amide bonds. The highest BCUT2D eigenvalue weighted by molar-refractivity contribution is 9.10. The van der Waals surface area contributed by atoms with Crippen LogP contribution in [-0.4, -0.2) is 6.54 Å². The number of rotatable bonds is 4. The molecule has 86 valence electrons. The van der Waals surface area contributed by atoms with Crippen LogP contribution in [0.25, 0.3) is 6.08 Å². The molecule has 1 nitrogen and oxygen atoms in total. The molecule has 0 bridgehead atoms. The molecule has 0 aliphatic heterocycles. The molecular weight excluding hydrogens is 274 g/mol. The van der Waals surface area contributed by atoms with Crippen molar-refractivity contribution in [2.24, 2.45) is 0 Å². The van der Waals surface area contributed by atoms with Crippen LogP contribution in [0, 0.1) is 0 Å². The second-order valence-corrected chi connectivity index (χ2v) is 4.62. The lowest BCUT2D eigenvalue weighted by Crippen LogP contribution is -1.97. The van der Waals surface area contributed by atoms with E-state index in [-0.39, 0.29) is 0 Å². The van der Waals surface area contributed by atoms with Crippen molar-refractivity contribution in [3.63, 3.8) is 0 Å². The Morgan fingerprint density at radius 2 is 1.65 bits per heavy atom. The first-order valence-corrected chi connectivity index (χ1v) is 6.35. The first-order valence-electron chi connectivity index (χ1n) is 5.55. The summed E-state index contributed by atoms with van der Waals surface area (Å²) < 4.78 is 1.10. The Kier molecular flexibility index (Phi) is 4.39. The second-order valence-electron chi connectivity index (χ2n) is 3.70. The summed E-state index contributed by atoms with van der Waals surface area (Å²) in [5, 5.41) is 3.33. The Morgan fingerprint density at radius 3 is 2.35 bits per heavy atom. The summed E-state index contributed by atoms with van der Waals surface area (Å²) in [6, 6.07) is 18.5. The van der Waals surface area contributed by atoms with Crippen molar-refractivity contribution in [3.05, 3.63) is 70.7 Å². The fourth-order valence-electron chi connectivity index (χ4n) is 1.50. The second kappa shape index (κ2) is 6.26. The van der Waals surface area contributed by atoms with E-state index in [2.05, 4.69) is 57.7 Å². The maximum absolute atomic E-state index is 3.42. The van der Waals surface area contributed by atoms with Gasteiger partial charge in [0, 0.05) is 16.7 Å². The largest absolute Gasteiger partial charge is 0.382 e. The van der Waals surface area contributed by atoms with E-state index in [1.807, 2.05) is 30.3 Å². The zero-order valence-corrected chi connectivity index (χ0v) is 11.0. The van der Waals surface area contributed by atoms with Gasteiger partial charge in [-0.3, -0.25) is 0 Å². The van der Waals surface area contributed by atoms with Gasteiger partial charge in [-0.05, 0) is 29.8 Å². The van der Waals surface area contributed by atoms with E-state index in [9.17, 15) is 0 Å². The molecule has 2 heteroatoms. The zero-order valence-electron chi connectivity index (χ0n) is 9.44. The van der Waals surface area contributed by atoms with Gasteiger partial charge in [-0.15, -0.1) is 0 Å². The molecule has 0 unspecified atom stereocenters. The first kappa shape index (κ1) is 11.9. The van der Waals surface area contributed by atoms with Crippen molar-refractivity contribution in [2.45, 2.75) is 0 Å². The van der Waals surface area contributed by atoms with Crippen molar-refractivity contribution in [1.29, 1.82) is 0 Å². The van der Waals surface area contributed by atoms with Gasteiger partial charge < -0.3 is 5.32 Å². The molecule has 0 saturated heterocycles. The average Bonchev–Trinajstić information content (AvgIpc) is 2.38. The highest BCUT2D eigenvalue weighted by Crippen LogP contribution is 2.13. The molecule has 0 aromatic heterocycles. The molecule has 0 aliphatic carbocycles. The van der Waals surface area contributed by atoms with Crippen LogP contribution in [0.3, 0.4) is 0 Å². The van der Waals surface area contributed by atoms with Gasteiger partial charge in [0.05, 0.1) is 0 Å². The van der Waals surface area contributed by atoms with E-state index in [0.717, 1.165) is 16.7 Å². The number of nitrogens with one attached hydrogen (secondary N) is 1. The number of benzene rings is 2. The molecule has 2 aromatic carbocycles. The lowest BCUT2D eigenvalue weighted by Gasteiger charge is -2.02. The van der Waals surface area contributed by atoms with Gasteiger partial charge in [-0.2, -0.15) is 0 Å². The number of halogens is 1. The SMILES string of the molecule is Brc1ccc(NC/C=C/c2ccccc2)cc1. The smallest absolute Gasteiger partial charge is 0.0343 e. The van der Waals surface area contributed by atoms with Crippen molar-refractivity contribution in [1.82, 2.24) is 0 Å². The van der Waals surface area contributed by atoms with Crippen LogP contribution in [0.1, 0.15) is 5.56 Å². The topological polar surface area (TPSA) is 12.0 Å². The van der Waals surface area contributed by atoms with E-state index in [4.69, 9.17) is 0 Å². The lowest BCUT2D eigenvalue weighted by molar-refractivity contribution is 1.34. The van der Waals surface area contributed by atoms with E-state index in [1.165, 1.54) is 5.56 Å². The van der Waals surface area contributed by atoms with Crippen LogP contribution in [0.15, 0.2) is 65.1 Å². The van der Waals surface area contributed by atoms with E-state index in [1.54, 1.807) is 0 Å². The van der Waals surface area contributed by atoms with Gasteiger partial charge in [-0.25, -0.2) is 0 Å². The number of hydrogen-bond acceptors (Lipinski definition) is 1. The first-order chi connectivity index (χ1) is 8.34. The highest BCUT2D eigenvalue weighted by Gasteiger charge is 1.89. The Morgan fingerprint density at radius 1 is 0.941 bits per heavy atom. The molecule has 2 aromatic rings. The maximum atomic E-state index is 3.42. The van der Waals surface area contributed by atoms with Gasteiger partial charge in [0.25, 0.3) is 0 Å². The Labute approximate surface area is 110 Å². The third kappa shape index (κ3) is 4.08. The van der Waals surface area contributed by atoms with Crippen LogP contribution in [-0.2, 0) is 0 Å². The number of anilines is 1. The van der Waals surface area contributed by atoms with Gasteiger partial charge in [0.1, 0.15) is 0 Å². The highest BCUT2D eigenvalue weighted by atomic mass is 79.9. The minimum absolute atomic E-state index is 0.830. The fourth-order valence-corrected chi connectivity index (χ4v) is 1.77. The van der Waals surface area contributed by atoms with Crippen LogP contribution in [0.4, 0.5) is 5.69 Å². The third-order valence-corrected chi connectivity index (χ3v) is 2.91. The molecular formula is C15H14BrN. The molecule has 0 radical (unpaired) electrons. The van der Waals surface area contributed by atoms with Crippen molar-refractivity contribution in [3.8, 4) is 0 Å². The molecule has 0 atom stereocenters. The molecule has 0 aliphatic rings. The van der Waals surface area contributed by atoms with Gasteiger partial charge in [-0.1, -0.05) is 58.4 Å². The summed E-state index contributed by atoms with van der Waals surface area (Å²) in [4.78, 5) is 0. The predicted octanol–water partition coefficient (Wildman–Crippen LogP) is 4.57. The minimum atomic E-state index is 0.830. The molecule has 0 heterocycles. The van der Waals surface area contributed by atoms with Crippen LogP contribution in [0.2, 0.25) is 0 Å². The van der Waals surface area contributed by atoms with E-state index in [0.29, 0.717) is 0 Å². The Hall–Kier alpha value is -1.54. The Bertz CT molecular complexity index is 474. The van der Waals surface area contributed by atoms with Gasteiger partial charge in [0.2, 0.25) is 0 Å². The van der Waals surface area contributed by atoms with E-state index >= 15 is 0 Å². The quantitative estimate of drug-likeness (QED) is 0.868. The summed E-state index contributed by atoms with van der Waals surface area (Å²) in [5.41, 5.74) is 2.36. The van der Waals surface area contributed by atoms with Crippen molar-refractivity contribution in [2.75, 3.05) is 11.9 Å². The van der Waals surface area contributed by atoms with Crippen LogP contribution >= 0.6 is 15.9 Å². The minimum Gasteiger partial charge on any atom is -0.382 e. The van der Waals surface area contributed by atoms with Crippen LogP contribution in [0.5, 0.6) is 0 Å². The van der Waals surface area contributed by atoms with Gasteiger partial charge >= 0.3 is 0 Å². The lowest BCUT2D eigenvalue weighted by atomic mass is 10.2. The molecule has 2 rings (SSSR count). The van der Waals surface area contributed by atoms with Crippen molar-refractivity contribution >= 4 is 27.7 Å². The maximum Gasteiger partial charge on any atom is 0.0343 e. The zero-order chi connectivity index (χ0) is 11.9. The van der Waals surface area contributed by atoms with Gasteiger partial charge in [0.15, 0.2) is 0 Å². The Balaban J connectivity index is 1.84. The van der Waals surface area contributed by atoms with E-state index < -0.39 is 0 Å². The standard InChI is InChI=1S/C15H14BrN/c16-14-8-10-15(11-9-14)17-12-4-7-13-5-2-1-3-6-13/h1-11,17H,12H2/b7-4+. The molecule has 0 saturated carbocycles. The summed E-state index contributed by atoms with van der Waals surface area (Å²) in [6.45, 7) is 0.830. The molecule has 0 spiro atoms. The average molecular weight is 288 g/mol. The van der Waals surface area contributed by atoms with Crippen LogP contribution < -0.4 is 5.32 Å². The van der Waals surface area contributed by atoms with Crippen molar-refractivity contribution < 1.29 is 0 Å². The molecule has 0 fully saturated rings. The predicted molar refractivity (Wildman–Crippen MR) is 78.1 cm³/mol. The summed E-state index contributed by atoms with van der Waals surface area (Å²) in [7, 11) is 0. The molecule has 17 heavy (non-hydrogen) atoms. The molecule has 1 N–H and O–H groups in total. The fraction of sp³-hybridized carbons (Fsp3) is 0.0667. The summed E-state index contributed by atoms with van der Waals surface area (Å²) in [6.07, 6.45) is 4.24. The monoisotopic (exact) mass is 287 g/mol. The normalized spacial score (nSPS) is 10.6. The third-order valence-electron chi connectivity index (χ3n) is 2.38. The summed E-state index contributed by atoms with van der Waals surface area (Å²) >= 11 is 3.42. The number of hydrogen-bond donors (Lipinski definition) is 1.